The average molecular weight is 340 g/mol. The molecule has 126 valence electrons. The van der Waals surface area contributed by atoms with E-state index in [2.05, 4.69) is 20.3 Å². The summed E-state index contributed by atoms with van der Waals surface area (Å²) >= 11 is 0. The van der Waals surface area contributed by atoms with Crippen molar-refractivity contribution in [1.82, 2.24) is 20.3 Å². The Morgan fingerprint density at radius 3 is 2.88 bits per heavy atom. The zero-order chi connectivity index (χ0) is 17.4. The van der Waals surface area contributed by atoms with Crippen LogP contribution in [-0.2, 0) is 0 Å². The van der Waals surface area contributed by atoms with Crippen LogP contribution >= 0.6 is 0 Å². The first kappa shape index (κ1) is 15.3. The maximum atomic E-state index is 13.7. The zero-order valence-corrected chi connectivity index (χ0v) is 13.4. The number of rotatable bonds is 4. The molecule has 0 aliphatic carbocycles. The predicted octanol–water partition coefficient (Wildman–Crippen LogP) is 3.86. The van der Waals surface area contributed by atoms with Crippen molar-refractivity contribution in [2.24, 2.45) is 0 Å². The Morgan fingerprint density at radius 1 is 1.20 bits per heavy atom. The lowest BCUT2D eigenvalue weighted by Crippen LogP contribution is -2.04. The molecule has 1 aromatic carbocycles. The quantitative estimate of drug-likeness (QED) is 0.557. The van der Waals surface area contributed by atoms with E-state index in [1.54, 1.807) is 25.3 Å². The summed E-state index contributed by atoms with van der Waals surface area (Å²) in [6, 6.07) is 7.95. The van der Waals surface area contributed by atoms with Crippen LogP contribution in [0.1, 0.15) is 24.6 Å². The van der Waals surface area contributed by atoms with E-state index in [1.807, 2.05) is 13.0 Å². The standard InChI is InChI=1S/C17H13FN4O3/c1-9-12-7-11(8-19-17(12)25-22-9)16-21-20-15(24-16)10(2)23-14-6-4-3-5-13(14)18/h3-8,10H,1-2H3. The van der Waals surface area contributed by atoms with Crippen molar-refractivity contribution in [2.75, 3.05) is 0 Å². The molecule has 0 fully saturated rings. The summed E-state index contributed by atoms with van der Waals surface area (Å²) in [6.07, 6.45) is 0.958. The van der Waals surface area contributed by atoms with Crippen molar-refractivity contribution in [3.63, 3.8) is 0 Å². The molecule has 0 radical (unpaired) electrons. The number of para-hydroxylation sites is 1. The van der Waals surface area contributed by atoms with Crippen molar-refractivity contribution in [1.29, 1.82) is 0 Å². The molecular formula is C17H13FN4O3. The minimum absolute atomic E-state index is 0.123. The van der Waals surface area contributed by atoms with Crippen LogP contribution in [0.25, 0.3) is 22.6 Å². The van der Waals surface area contributed by atoms with Gasteiger partial charge in [0, 0.05) is 6.20 Å². The van der Waals surface area contributed by atoms with E-state index in [9.17, 15) is 4.39 Å². The monoisotopic (exact) mass is 340 g/mol. The summed E-state index contributed by atoms with van der Waals surface area (Å²) in [5.41, 5.74) is 1.80. The Bertz CT molecular complexity index is 1040. The number of nitrogens with zero attached hydrogens (tertiary/aromatic N) is 4. The number of hydrogen-bond donors (Lipinski definition) is 0. The van der Waals surface area contributed by atoms with Crippen molar-refractivity contribution in [3.8, 4) is 17.2 Å². The van der Waals surface area contributed by atoms with Gasteiger partial charge in [-0.05, 0) is 32.0 Å². The van der Waals surface area contributed by atoms with Gasteiger partial charge >= 0.3 is 0 Å². The number of aryl methyl sites for hydroxylation is 1. The highest BCUT2D eigenvalue weighted by molar-refractivity contribution is 5.79. The summed E-state index contributed by atoms with van der Waals surface area (Å²) in [7, 11) is 0. The summed E-state index contributed by atoms with van der Waals surface area (Å²) in [5, 5.41) is 12.6. The maximum Gasteiger partial charge on any atom is 0.257 e. The fraction of sp³-hybridized carbons (Fsp3) is 0.176. The van der Waals surface area contributed by atoms with Crippen LogP contribution in [0.15, 0.2) is 45.5 Å². The summed E-state index contributed by atoms with van der Waals surface area (Å²) in [5.74, 6) is 0.194. The minimum Gasteiger partial charge on any atom is -0.478 e. The van der Waals surface area contributed by atoms with Gasteiger partial charge < -0.3 is 13.7 Å². The summed E-state index contributed by atoms with van der Waals surface area (Å²) < 4.78 is 29.9. The van der Waals surface area contributed by atoms with E-state index < -0.39 is 11.9 Å². The molecule has 0 aliphatic heterocycles. The van der Waals surface area contributed by atoms with E-state index in [0.717, 1.165) is 11.1 Å². The Kier molecular flexibility index (Phi) is 3.64. The zero-order valence-electron chi connectivity index (χ0n) is 13.4. The smallest absolute Gasteiger partial charge is 0.257 e. The van der Waals surface area contributed by atoms with E-state index in [4.69, 9.17) is 13.7 Å². The average Bonchev–Trinajstić information content (AvgIpc) is 3.24. The van der Waals surface area contributed by atoms with Gasteiger partial charge in [-0.15, -0.1) is 10.2 Å². The van der Waals surface area contributed by atoms with Gasteiger partial charge in [-0.3, -0.25) is 0 Å². The van der Waals surface area contributed by atoms with Gasteiger partial charge in [0.15, 0.2) is 17.7 Å². The van der Waals surface area contributed by atoms with Gasteiger partial charge in [-0.2, -0.15) is 0 Å². The lowest BCUT2D eigenvalue weighted by Gasteiger charge is -2.11. The molecule has 0 amide bonds. The molecule has 3 heterocycles. The second kappa shape index (κ2) is 5.97. The highest BCUT2D eigenvalue weighted by Crippen LogP contribution is 2.27. The van der Waals surface area contributed by atoms with Gasteiger partial charge in [0.25, 0.3) is 11.6 Å². The molecule has 0 bridgehead atoms. The van der Waals surface area contributed by atoms with Gasteiger partial charge in [-0.1, -0.05) is 17.3 Å². The fourth-order valence-electron chi connectivity index (χ4n) is 2.36. The van der Waals surface area contributed by atoms with Gasteiger partial charge in [0.1, 0.15) is 0 Å². The Morgan fingerprint density at radius 2 is 2.04 bits per heavy atom. The van der Waals surface area contributed by atoms with Crippen LogP contribution < -0.4 is 4.74 Å². The van der Waals surface area contributed by atoms with Crippen molar-refractivity contribution in [2.45, 2.75) is 20.0 Å². The molecule has 1 atom stereocenters. The van der Waals surface area contributed by atoms with Crippen LogP contribution in [0, 0.1) is 12.7 Å². The number of pyridine rings is 1. The molecule has 0 saturated heterocycles. The van der Waals surface area contributed by atoms with Crippen molar-refractivity contribution in [3.05, 3.63) is 53.9 Å². The fourth-order valence-corrected chi connectivity index (χ4v) is 2.36. The molecule has 3 aromatic heterocycles. The van der Waals surface area contributed by atoms with E-state index in [-0.39, 0.29) is 17.5 Å². The van der Waals surface area contributed by atoms with Crippen LogP contribution in [0.4, 0.5) is 4.39 Å². The highest BCUT2D eigenvalue weighted by Gasteiger charge is 2.19. The largest absolute Gasteiger partial charge is 0.478 e. The molecular weight excluding hydrogens is 327 g/mol. The third kappa shape index (κ3) is 2.82. The van der Waals surface area contributed by atoms with Gasteiger partial charge in [0.05, 0.1) is 16.6 Å². The molecule has 0 saturated carbocycles. The maximum absolute atomic E-state index is 13.7. The normalized spacial score (nSPS) is 12.4. The molecule has 25 heavy (non-hydrogen) atoms. The topological polar surface area (TPSA) is 87.1 Å². The van der Waals surface area contributed by atoms with Crippen LogP contribution in [-0.4, -0.2) is 20.3 Å². The second-order valence-corrected chi connectivity index (χ2v) is 5.48. The lowest BCUT2D eigenvalue weighted by atomic mass is 10.2. The first-order valence-electron chi connectivity index (χ1n) is 7.59. The number of halogens is 1. The third-order valence-electron chi connectivity index (χ3n) is 3.69. The number of benzene rings is 1. The number of fused-ring (bicyclic) bond motifs is 1. The molecule has 0 spiro atoms. The molecule has 7 nitrogen and oxygen atoms in total. The Balaban J connectivity index is 1.60. The van der Waals surface area contributed by atoms with Crippen LogP contribution in [0.3, 0.4) is 0 Å². The third-order valence-corrected chi connectivity index (χ3v) is 3.69. The Hall–Kier alpha value is -3.29. The number of aromatic nitrogens is 4. The summed E-state index contributed by atoms with van der Waals surface area (Å²) in [6.45, 7) is 3.52. The van der Waals surface area contributed by atoms with Gasteiger partial charge in [-0.25, -0.2) is 9.37 Å². The molecule has 0 N–H and O–H groups in total. The van der Waals surface area contributed by atoms with E-state index in [1.165, 1.54) is 12.1 Å². The van der Waals surface area contributed by atoms with E-state index >= 15 is 0 Å². The molecule has 1 unspecified atom stereocenters. The van der Waals surface area contributed by atoms with Crippen molar-refractivity contribution >= 4 is 11.1 Å². The highest BCUT2D eigenvalue weighted by atomic mass is 19.1. The van der Waals surface area contributed by atoms with Crippen molar-refractivity contribution < 1.29 is 18.1 Å². The van der Waals surface area contributed by atoms with E-state index in [0.29, 0.717) is 11.3 Å². The first-order valence-corrected chi connectivity index (χ1v) is 7.59. The molecule has 4 rings (SSSR count). The second-order valence-electron chi connectivity index (χ2n) is 5.48. The first-order chi connectivity index (χ1) is 12.1. The predicted molar refractivity (Wildman–Crippen MR) is 85.3 cm³/mol. The molecule has 0 aliphatic rings. The number of ether oxygens (including phenoxy) is 1. The SMILES string of the molecule is Cc1noc2ncc(-c3nnc(C(C)Oc4ccccc4F)o3)cc12. The minimum atomic E-state index is -0.604. The van der Waals surface area contributed by atoms with Gasteiger partial charge in [0.2, 0.25) is 5.89 Å². The molecule has 8 heteroatoms. The van der Waals surface area contributed by atoms with Crippen LogP contribution in [0.5, 0.6) is 5.75 Å². The van der Waals surface area contributed by atoms with Crippen LogP contribution in [0.2, 0.25) is 0 Å². The Labute approximate surface area is 141 Å². The molecule has 4 aromatic rings. The number of hydrogen-bond acceptors (Lipinski definition) is 7. The summed E-state index contributed by atoms with van der Waals surface area (Å²) in [4.78, 5) is 4.17. The lowest BCUT2D eigenvalue weighted by molar-refractivity contribution is 0.182.